The van der Waals surface area contributed by atoms with Gasteiger partial charge in [0, 0.05) is 41.5 Å². The Labute approximate surface area is 107 Å². The monoisotopic (exact) mass is 252 g/mol. The lowest BCUT2D eigenvalue weighted by molar-refractivity contribution is 0.264. The molecule has 1 fully saturated rings. The van der Waals surface area contributed by atoms with E-state index in [1.807, 2.05) is 31.8 Å². The van der Waals surface area contributed by atoms with Crippen molar-refractivity contribution in [3.63, 3.8) is 0 Å². The second kappa shape index (κ2) is 5.33. The standard InChI is InChI=1S/C12H20N4S/c1-8(13)10-6-14-12(15-9(10)2)11-7-17-5-4-16(11)3/h6,8,11H,4-5,7,13H2,1-3H3. The van der Waals surface area contributed by atoms with Gasteiger partial charge in [-0.1, -0.05) is 0 Å². The van der Waals surface area contributed by atoms with Crippen molar-refractivity contribution in [2.24, 2.45) is 5.73 Å². The summed E-state index contributed by atoms with van der Waals surface area (Å²) in [5.41, 5.74) is 7.93. The van der Waals surface area contributed by atoms with Crippen molar-refractivity contribution in [3.05, 3.63) is 23.3 Å². The van der Waals surface area contributed by atoms with Crippen LogP contribution in [0.2, 0.25) is 0 Å². The van der Waals surface area contributed by atoms with E-state index in [4.69, 9.17) is 5.73 Å². The molecular formula is C12H20N4S. The molecule has 0 amide bonds. The highest BCUT2D eigenvalue weighted by molar-refractivity contribution is 7.99. The van der Waals surface area contributed by atoms with Crippen molar-refractivity contribution in [1.82, 2.24) is 14.9 Å². The first-order chi connectivity index (χ1) is 8.09. The molecule has 4 nitrogen and oxygen atoms in total. The highest BCUT2D eigenvalue weighted by Crippen LogP contribution is 2.26. The topological polar surface area (TPSA) is 55.0 Å². The second-order valence-electron chi connectivity index (χ2n) is 4.63. The van der Waals surface area contributed by atoms with Crippen LogP contribution in [0.5, 0.6) is 0 Å². The maximum atomic E-state index is 5.88. The summed E-state index contributed by atoms with van der Waals surface area (Å²) in [6, 6.07) is 0.345. The van der Waals surface area contributed by atoms with Gasteiger partial charge in [0.1, 0.15) is 5.82 Å². The van der Waals surface area contributed by atoms with Gasteiger partial charge in [0.25, 0.3) is 0 Å². The van der Waals surface area contributed by atoms with Crippen molar-refractivity contribution >= 4 is 11.8 Å². The van der Waals surface area contributed by atoms with Crippen molar-refractivity contribution in [2.75, 3.05) is 25.1 Å². The van der Waals surface area contributed by atoms with E-state index in [1.54, 1.807) is 0 Å². The summed E-state index contributed by atoms with van der Waals surface area (Å²) < 4.78 is 0. The smallest absolute Gasteiger partial charge is 0.146 e. The van der Waals surface area contributed by atoms with Crippen LogP contribution in [0.3, 0.4) is 0 Å². The zero-order chi connectivity index (χ0) is 12.4. The minimum atomic E-state index is 0.00232. The van der Waals surface area contributed by atoms with Gasteiger partial charge in [0.05, 0.1) is 6.04 Å². The minimum Gasteiger partial charge on any atom is -0.324 e. The lowest BCUT2D eigenvalue weighted by atomic mass is 10.1. The van der Waals surface area contributed by atoms with Crippen molar-refractivity contribution in [1.29, 1.82) is 0 Å². The van der Waals surface area contributed by atoms with Crippen molar-refractivity contribution < 1.29 is 0 Å². The molecule has 2 atom stereocenters. The molecule has 2 unspecified atom stereocenters. The van der Waals surface area contributed by atoms with E-state index in [0.29, 0.717) is 6.04 Å². The molecule has 1 saturated heterocycles. The van der Waals surface area contributed by atoms with Crippen LogP contribution in [0, 0.1) is 6.92 Å². The highest BCUT2D eigenvalue weighted by atomic mass is 32.2. The zero-order valence-electron chi connectivity index (χ0n) is 10.7. The summed E-state index contributed by atoms with van der Waals surface area (Å²) >= 11 is 1.97. The number of hydrogen-bond donors (Lipinski definition) is 1. The molecule has 0 aromatic carbocycles. The van der Waals surface area contributed by atoms with Crippen LogP contribution < -0.4 is 5.73 Å². The Morgan fingerprint density at radius 3 is 2.94 bits per heavy atom. The van der Waals surface area contributed by atoms with Crippen LogP contribution in [0.4, 0.5) is 0 Å². The van der Waals surface area contributed by atoms with Gasteiger partial charge in [0.15, 0.2) is 0 Å². The predicted molar refractivity (Wildman–Crippen MR) is 72.1 cm³/mol. The number of aromatic nitrogens is 2. The molecule has 1 aliphatic rings. The molecule has 2 rings (SSSR count). The third kappa shape index (κ3) is 2.78. The molecule has 2 N–H and O–H groups in total. The van der Waals surface area contributed by atoms with Crippen LogP contribution in [0.25, 0.3) is 0 Å². The Kier molecular flexibility index (Phi) is 4.01. The van der Waals surface area contributed by atoms with E-state index in [1.165, 1.54) is 5.75 Å². The van der Waals surface area contributed by atoms with Crippen molar-refractivity contribution in [2.45, 2.75) is 25.9 Å². The Bertz CT molecular complexity index is 394. The molecule has 0 radical (unpaired) electrons. The van der Waals surface area contributed by atoms with Gasteiger partial charge in [-0.05, 0) is 20.9 Å². The first-order valence-electron chi connectivity index (χ1n) is 5.96. The van der Waals surface area contributed by atoms with E-state index >= 15 is 0 Å². The number of hydrogen-bond acceptors (Lipinski definition) is 5. The van der Waals surface area contributed by atoms with E-state index in [-0.39, 0.29) is 6.04 Å². The maximum Gasteiger partial charge on any atom is 0.146 e. The van der Waals surface area contributed by atoms with E-state index in [0.717, 1.165) is 29.4 Å². The van der Waals surface area contributed by atoms with E-state index < -0.39 is 0 Å². The third-order valence-corrected chi connectivity index (χ3v) is 4.24. The third-order valence-electron chi connectivity index (χ3n) is 3.22. The SMILES string of the molecule is Cc1nc(C2CSCCN2C)ncc1C(C)N. The van der Waals surface area contributed by atoms with Gasteiger partial charge in [-0.2, -0.15) is 11.8 Å². The van der Waals surface area contributed by atoms with E-state index in [2.05, 4.69) is 21.9 Å². The molecule has 17 heavy (non-hydrogen) atoms. The van der Waals surface area contributed by atoms with Gasteiger partial charge >= 0.3 is 0 Å². The fraction of sp³-hybridized carbons (Fsp3) is 0.667. The van der Waals surface area contributed by atoms with Gasteiger partial charge < -0.3 is 5.73 Å². The number of aryl methyl sites for hydroxylation is 1. The predicted octanol–water partition coefficient (Wildman–Crippen LogP) is 1.52. The van der Waals surface area contributed by atoms with Crippen molar-refractivity contribution in [3.8, 4) is 0 Å². The molecule has 1 aromatic rings. The Morgan fingerprint density at radius 2 is 2.35 bits per heavy atom. The van der Waals surface area contributed by atoms with Gasteiger partial charge in [-0.15, -0.1) is 0 Å². The average Bonchev–Trinajstić information content (AvgIpc) is 2.29. The lowest BCUT2D eigenvalue weighted by Gasteiger charge is -2.31. The molecule has 0 saturated carbocycles. The van der Waals surface area contributed by atoms with E-state index in [9.17, 15) is 0 Å². The summed E-state index contributed by atoms with van der Waals surface area (Å²) in [6.07, 6.45) is 1.88. The molecule has 94 valence electrons. The Morgan fingerprint density at radius 1 is 1.59 bits per heavy atom. The van der Waals surface area contributed by atoms with Gasteiger partial charge in [-0.25, -0.2) is 9.97 Å². The van der Waals surface area contributed by atoms with Crippen LogP contribution in [-0.4, -0.2) is 40.0 Å². The first kappa shape index (κ1) is 12.8. The lowest BCUT2D eigenvalue weighted by Crippen LogP contribution is -2.34. The molecule has 0 bridgehead atoms. The molecule has 2 heterocycles. The number of nitrogens with two attached hydrogens (primary N) is 1. The van der Waals surface area contributed by atoms with Gasteiger partial charge in [0.2, 0.25) is 0 Å². The molecular weight excluding hydrogens is 232 g/mol. The number of thioether (sulfide) groups is 1. The molecule has 0 spiro atoms. The van der Waals surface area contributed by atoms with Crippen LogP contribution in [0.1, 0.15) is 36.1 Å². The van der Waals surface area contributed by atoms with Crippen LogP contribution >= 0.6 is 11.8 Å². The van der Waals surface area contributed by atoms with Crippen LogP contribution in [-0.2, 0) is 0 Å². The summed E-state index contributed by atoms with van der Waals surface area (Å²) in [4.78, 5) is 11.4. The Balaban J connectivity index is 2.24. The maximum absolute atomic E-state index is 5.88. The van der Waals surface area contributed by atoms with Gasteiger partial charge in [-0.3, -0.25) is 4.90 Å². The summed E-state index contributed by atoms with van der Waals surface area (Å²) in [6.45, 7) is 5.08. The fourth-order valence-electron chi connectivity index (χ4n) is 2.06. The summed E-state index contributed by atoms with van der Waals surface area (Å²) in [5, 5.41) is 0. The average molecular weight is 252 g/mol. The van der Waals surface area contributed by atoms with Crippen LogP contribution in [0.15, 0.2) is 6.20 Å². The number of nitrogens with zero attached hydrogens (tertiary/aromatic N) is 3. The number of rotatable bonds is 2. The highest BCUT2D eigenvalue weighted by Gasteiger charge is 2.24. The normalized spacial score (nSPS) is 23.6. The zero-order valence-corrected chi connectivity index (χ0v) is 11.5. The molecule has 1 aromatic heterocycles. The molecule has 0 aliphatic carbocycles. The molecule has 5 heteroatoms. The summed E-state index contributed by atoms with van der Waals surface area (Å²) in [5.74, 6) is 3.21. The largest absolute Gasteiger partial charge is 0.324 e. The first-order valence-corrected chi connectivity index (χ1v) is 7.12. The fourth-order valence-corrected chi connectivity index (χ4v) is 3.27. The summed E-state index contributed by atoms with van der Waals surface area (Å²) in [7, 11) is 2.14. The molecule has 1 aliphatic heterocycles. The second-order valence-corrected chi connectivity index (χ2v) is 5.78. The quantitative estimate of drug-likeness (QED) is 0.865. The Hall–Kier alpha value is -0.650. The minimum absolute atomic E-state index is 0.00232.